The number of hydrogen-bond donors (Lipinski definition) is 10. The van der Waals surface area contributed by atoms with Crippen LogP contribution in [0.5, 0.6) is 0 Å². The van der Waals surface area contributed by atoms with Crippen LogP contribution in [0.2, 0.25) is 0 Å². The molecule has 0 aromatic heterocycles. The standard InChI is InChI=1S/C25H52N6O7.C15H32N2O5.C2H8N2.C2H7N/c1-25(2,3)38-24(34)30-10-4-16-35-18-20-37-21-19-36-17-5-13-31(14-6-22(32)28-11-8-26)15-7-23(33)29-12-9-27;1-15(2,3)22-14(18)17-7-5-9-20-11-13-21-12-10-19-8-4-6-16;3-1-2-4;1-2-3/h4-21,26-27H2,1-3H3,(H,28,32)(H,29,33)(H,30,34);4-13,16H2,1-3H3,(H,17,18);1-4H2;2-3H2,1H3. The van der Waals surface area contributed by atoms with Crippen molar-refractivity contribution in [2.45, 2.75) is 98.2 Å². The van der Waals surface area contributed by atoms with Gasteiger partial charge in [0.05, 0.1) is 52.9 Å². The van der Waals surface area contributed by atoms with Gasteiger partial charge in [-0.1, -0.05) is 6.92 Å². The molecule has 0 saturated carbocycles. The minimum absolute atomic E-state index is 0.0529. The second-order valence-electron chi connectivity index (χ2n) is 16.3. The molecule has 0 aliphatic rings. The fraction of sp³-hybridized carbons (Fsp3) is 0.909. The average molecular weight is 974 g/mol. The smallest absolute Gasteiger partial charge is 0.407 e. The van der Waals surface area contributed by atoms with E-state index in [1.165, 1.54) is 0 Å². The van der Waals surface area contributed by atoms with Gasteiger partial charge in [0.2, 0.25) is 11.8 Å². The molecule has 23 nitrogen and oxygen atoms in total. The van der Waals surface area contributed by atoms with Crippen molar-refractivity contribution in [3.8, 4) is 0 Å². The van der Waals surface area contributed by atoms with Gasteiger partial charge >= 0.3 is 12.2 Å². The molecule has 0 fully saturated rings. The third kappa shape index (κ3) is 69.6. The Kier molecular flexibility index (Phi) is 56.7. The van der Waals surface area contributed by atoms with Gasteiger partial charge in [0.25, 0.3) is 0 Å². The lowest BCUT2D eigenvalue weighted by Gasteiger charge is -2.22. The second-order valence-corrected chi connectivity index (χ2v) is 16.3. The highest BCUT2D eigenvalue weighted by molar-refractivity contribution is 5.76. The molecule has 0 heterocycles. The van der Waals surface area contributed by atoms with Gasteiger partial charge in [0.1, 0.15) is 11.2 Å². The van der Waals surface area contributed by atoms with Crippen LogP contribution in [0.25, 0.3) is 0 Å². The maximum absolute atomic E-state index is 11.9. The molecule has 0 atom stereocenters. The molecule has 0 aliphatic heterocycles. The third-order valence-corrected chi connectivity index (χ3v) is 7.42. The monoisotopic (exact) mass is 974 g/mol. The zero-order valence-electron chi connectivity index (χ0n) is 42.7. The van der Waals surface area contributed by atoms with E-state index in [2.05, 4.69) is 26.2 Å². The van der Waals surface area contributed by atoms with Crippen molar-refractivity contribution in [1.29, 1.82) is 0 Å². The zero-order valence-corrected chi connectivity index (χ0v) is 42.7. The SMILES string of the molecule is CC(C)(C)OC(=O)NCCCOCCOCCOCCCN.CC(C)(C)OC(=O)NCCCOCCOCCOCCCN(CCC(=O)NCCN)CCC(=O)NCCN.CCN.NCCN. The Labute approximate surface area is 403 Å². The molecule has 0 unspecified atom stereocenters. The van der Waals surface area contributed by atoms with E-state index in [0.29, 0.717) is 177 Å². The van der Waals surface area contributed by atoms with Crippen LogP contribution < -0.4 is 55.7 Å². The summed E-state index contributed by atoms with van der Waals surface area (Å²) in [6.07, 6.45) is 2.95. The molecule has 0 aromatic carbocycles. The quantitative estimate of drug-likeness (QED) is 0.0356. The lowest BCUT2D eigenvalue weighted by Crippen LogP contribution is -2.36. The molecule has 0 rings (SSSR count). The molecular weight excluding hydrogens is 875 g/mol. The highest BCUT2D eigenvalue weighted by Crippen LogP contribution is 2.07. The van der Waals surface area contributed by atoms with E-state index in [-0.39, 0.29) is 11.8 Å². The van der Waals surface area contributed by atoms with Crippen molar-refractivity contribution in [1.82, 2.24) is 26.2 Å². The first-order valence-electron chi connectivity index (χ1n) is 23.8. The molecule has 16 N–H and O–H groups in total. The number of rotatable bonds is 38. The maximum atomic E-state index is 11.9. The van der Waals surface area contributed by atoms with Crippen LogP contribution in [0.1, 0.15) is 87.0 Å². The first-order chi connectivity index (χ1) is 32.0. The van der Waals surface area contributed by atoms with Crippen molar-refractivity contribution >= 4 is 24.0 Å². The highest BCUT2D eigenvalue weighted by atomic mass is 16.6. The lowest BCUT2D eigenvalue weighted by atomic mass is 10.2. The number of carbonyl (C=O) groups is 4. The molecule has 0 aromatic rings. The number of nitrogens with two attached hydrogens (primary N) is 6. The van der Waals surface area contributed by atoms with Crippen LogP contribution in [0.3, 0.4) is 0 Å². The number of hydrogen-bond acceptors (Lipinski definition) is 19. The highest BCUT2D eigenvalue weighted by Gasteiger charge is 2.16. The average Bonchev–Trinajstić information content (AvgIpc) is 3.26. The van der Waals surface area contributed by atoms with Crippen molar-refractivity contribution in [3.63, 3.8) is 0 Å². The Balaban J connectivity index is -0.000000574. The van der Waals surface area contributed by atoms with Crippen LogP contribution in [0, 0.1) is 0 Å². The molecule has 67 heavy (non-hydrogen) atoms. The Morgan fingerprint density at radius 1 is 0.403 bits per heavy atom. The first-order valence-corrected chi connectivity index (χ1v) is 23.8. The molecule has 0 saturated heterocycles. The molecular formula is C44H99N11O12. The largest absolute Gasteiger partial charge is 0.444 e. The van der Waals surface area contributed by atoms with Crippen molar-refractivity contribution in [2.24, 2.45) is 34.4 Å². The summed E-state index contributed by atoms with van der Waals surface area (Å²) in [6.45, 7) is 26.5. The van der Waals surface area contributed by atoms with Crippen LogP contribution in [-0.2, 0) is 47.5 Å². The molecule has 0 aliphatic carbocycles. The number of amides is 4. The maximum Gasteiger partial charge on any atom is 0.407 e. The van der Waals surface area contributed by atoms with Gasteiger partial charge in [-0.2, -0.15) is 0 Å². The van der Waals surface area contributed by atoms with E-state index in [0.717, 1.165) is 25.8 Å². The fourth-order valence-corrected chi connectivity index (χ4v) is 4.47. The minimum atomic E-state index is -0.504. The molecule has 0 radical (unpaired) electrons. The molecule has 4 amide bonds. The zero-order chi connectivity index (χ0) is 51.3. The van der Waals surface area contributed by atoms with Gasteiger partial charge in [-0.15, -0.1) is 0 Å². The molecule has 23 heteroatoms. The minimum Gasteiger partial charge on any atom is -0.444 e. The number of nitrogens with one attached hydrogen (secondary N) is 4. The Hall–Kier alpha value is -3.04. The van der Waals surface area contributed by atoms with Crippen LogP contribution >= 0.6 is 0 Å². The summed E-state index contributed by atoms with van der Waals surface area (Å²) in [6, 6.07) is 0. The molecule has 0 bridgehead atoms. The predicted molar refractivity (Wildman–Crippen MR) is 264 cm³/mol. The van der Waals surface area contributed by atoms with Crippen molar-refractivity contribution in [2.75, 3.05) is 164 Å². The van der Waals surface area contributed by atoms with Gasteiger partial charge in [-0.3, -0.25) is 9.59 Å². The summed E-state index contributed by atoms with van der Waals surface area (Å²) in [5.74, 6) is -0.106. The van der Waals surface area contributed by atoms with E-state index in [1.807, 2.05) is 48.5 Å². The predicted octanol–water partition coefficient (Wildman–Crippen LogP) is -0.258. The Morgan fingerprint density at radius 2 is 0.716 bits per heavy atom. The third-order valence-electron chi connectivity index (χ3n) is 7.42. The molecule has 0 spiro atoms. The summed E-state index contributed by atoms with van der Waals surface area (Å²) in [4.78, 5) is 48.7. The number of alkyl carbamates (subject to hydrolysis) is 2. The number of ether oxygens (including phenoxy) is 8. The normalized spacial score (nSPS) is 11.0. The van der Waals surface area contributed by atoms with Crippen LogP contribution in [-0.4, -0.2) is 204 Å². The number of nitrogens with zero attached hydrogens (tertiary/aromatic N) is 1. The van der Waals surface area contributed by atoms with Crippen molar-refractivity contribution < 1.29 is 57.1 Å². The van der Waals surface area contributed by atoms with Gasteiger partial charge < -0.3 is 98.5 Å². The van der Waals surface area contributed by atoms with E-state index in [4.69, 9.17) is 72.3 Å². The van der Waals surface area contributed by atoms with Gasteiger partial charge in [0, 0.05) is 111 Å². The summed E-state index contributed by atoms with van der Waals surface area (Å²) in [7, 11) is 0. The summed E-state index contributed by atoms with van der Waals surface area (Å²) < 4.78 is 42.9. The topological polar surface area (TPSA) is 350 Å². The summed E-state index contributed by atoms with van der Waals surface area (Å²) in [5, 5.41) is 10.9. The van der Waals surface area contributed by atoms with E-state index >= 15 is 0 Å². The lowest BCUT2D eigenvalue weighted by molar-refractivity contribution is -0.121. The molecule has 402 valence electrons. The number of carbonyl (C=O) groups excluding carboxylic acids is 4. The van der Waals surface area contributed by atoms with E-state index in [9.17, 15) is 19.2 Å². The first kappa shape index (κ1) is 70.5. The van der Waals surface area contributed by atoms with E-state index < -0.39 is 23.4 Å². The Bertz CT molecular complexity index is 1070. The fourth-order valence-electron chi connectivity index (χ4n) is 4.47. The Morgan fingerprint density at radius 3 is 1.01 bits per heavy atom. The summed E-state index contributed by atoms with van der Waals surface area (Å²) >= 11 is 0. The van der Waals surface area contributed by atoms with Gasteiger partial charge in [0.15, 0.2) is 0 Å². The van der Waals surface area contributed by atoms with Crippen LogP contribution in [0.15, 0.2) is 0 Å². The van der Waals surface area contributed by atoms with Gasteiger partial charge in [-0.05, 0) is 80.3 Å². The second kappa shape index (κ2) is 53.9. The van der Waals surface area contributed by atoms with Crippen molar-refractivity contribution in [3.05, 3.63) is 0 Å². The summed E-state index contributed by atoms with van der Waals surface area (Å²) in [5.41, 5.74) is 29.9. The van der Waals surface area contributed by atoms with E-state index in [1.54, 1.807) is 0 Å². The van der Waals surface area contributed by atoms with Gasteiger partial charge in [-0.25, -0.2) is 9.59 Å². The van der Waals surface area contributed by atoms with Crippen LogP contribution in [0.4, 0.5) is 9.59 Å².